The van der Waals surface area contributed by atoms with Gasteiger partial charge in [0.25, 0.3) is 0 Å². The van der Waals surface area contributed by atoms with Crippen molar-refractivity contribution in [1.82, 2.24) is 0 Å². The maximum absolute atomic E-state index is 11.4. The Bertz CT molecular complexity index is 544. The molecule has 2 unspecified atom stereocenters. The molecule has 112 valence electrons. The molecule has 2 rings (SSSR count). The van der Waals surface area contributed by atoms with E-state index in [1.165, 1.54) is 0 Å². The van der Waals surface area contributed by atoms with Gasteiger partial charge in [-0.2, -0.15) is 0 Å². The molecule has 1 heterocycles. The number of hydrogen-bond acceptors (Lipinski definition) is 5. The Morgan fingerprint density at radius 2 is 2.05 bits per heavy atom. The fourth-order valence-corrected chi connectivity index (χ4v) is 3.01. The van der Waals surface area contributed by atoms with Crippen LogP contribution in [0, 0.1) is 0 Å². The highest BCUT2D eigenvalue weighted by Crippen LogP contribution is 2.31. The van der Waals surface area contributed by atoms with Gasteiger partial charge in [-0.15, -0.1) is 0 Å². The van der Waals surface area contributed by atoms with E-state index in [0.717, 1.165) is 5.75 Å². The first-order valence-electron chi connectivity index (χ1n) is 6.86. The third-order valence-corrected chi connectivity index (χ3v) is 5.23. The number of nitrogens with two attached hydrogens (primary N) is 1. The number of rotatable bonds is 6. The first kappa shape index (κ1) is 15.1. The zero-order chi connectivity index (χ0) is 14.6. The van der Waals surface area contributed by atoms with Crippen LogP contribution < -0.4 is 15.2 Å². The van der Waals surface area contributed by atoms with Crippen molar-refractivity contribution >= 4 is 9.84 Å². The van der Waals surface area contributed by atoms with Crippen LogP contribution in [0.2, 0.25) is 0 Å². The molecule has 1 aliphatic heterocycles. The molecule has 0 radical (unpaired) electrons. The molecule has 5 nitrogen and oxygen atoms in total. The molecular formula is C14H21NO4S. The summed E-state index contributed by atoms with van der Waals surface area (Å²) in [7, 11) is -2.92. The van der Waals surface area contributed by atoms with Gasteiger partial charge in [0.2, 0.25) is 0 Å². The van der Waals surface area contributed by atoms with E-state index in [-0.39, 0.29) is 23.7 Å². The second-order valence-electron chi connectivity index (χ2n) is 4.96. The smallest absolute Gasteiger partial charge is 0.161 e. The largest absolute Gasteiger partial charge is 0.486 e. The molecule has 1 aromatic rings. The van der Waals surface area contributed by atoms with Gasteiger partial charge >= 0.3 is 0 Å². The van der Waals surface area contributed by atoms with Crippen LogP contribution in [0.5, 0.6) is 11.5 Å². The first-order chi connectivity index (χ1) is 9.52. The Morgan fingerprint density at radius 1 is 1.35 bits per heavy atom. The predicted molar refractivity (Wildman–Crippen MR) is 77.9 cm³/mol. The molecule has 0 bridgehead atoms. The summed E-state index contributed by atoms with van der Waals surface area (Å²) in [6, 6.07) is 7.23. The van der Waals surface area contributed by atoms with Crippen molar-refractivity contribution in [2.45, 2.75) is 31.9 Å². The summed E-state index contributed by atoms with van der Waals surface area (Å²) in [5.74, 6) is 1.78. The maximum Gasteiger partial charge on any atom is 0.161 e. The van der Waals surface area contributed by atoms with Gasteiger partial charge in [-0.1, -0.05) is 19.1 Å². The number of sulfone groups is 1. The van der Waals surface area contributed by atoms with E-state index in [9.17, 15) is 8.42 Å². The topological polar surface area (TPSA) is 78.6 Å². The van der Waals surface area contributed by atoms with Crippen LogP contribution in [0.3, 0.4) is 0 Å². The fraction of sp³-hybridized carbons (Fsp3) is 0.571. The zero-order valence-corrected chi connectivity index (χ0v) is 12.4. The summed E-state index contributed by atoms with van der Waals surface area (Å²) in [5, 5.41) is 0. The van der Waals surface area contributed by atoms with Gasteiger partial charge in [-0.3, -0.25) is 0 Å². The average Bonchev–Trinajstić information content (AvgIpc) is 2.46. The second kappa shape index (κ2) is 6.45. The average molecular weight is 299 g/mol. The number of hydrogen-bond donors (Lipinski definition) is 1. The number of para-hydroxylation sites is 2. The van der Waals surface area contributed by atoms with Crippen LogP contribution in [-0.4, -0.2) is 38.7 Å². The van der Waals surface area contributed by atoms with E-state index in [2.05, 4.69) is 0 Å². The summed E-state index contributed by atoms with van der Waals surface area (Å²) in [6.07, 6.45) is 0.933. The summed E-state index contributed by atoms with van der Waals surface area (Å²) in [5.41, 5.74) is 6.08. The van der Waals surface area contributed by atoms with Crippen LogP contribution in [0.25, 0.3) is 0 Å². The molecule has 0 saturated heterocycles. The molecule has 0 fully saturated rings. The monoisotopic (exact) mass is 299 g/mol. The van der Waals surface area contributed by atoms with Crippen molar-refractivity contribution in [3.8, 4) is 11.5 Å². The lowest BCUT2D eigenvalue weighted by Gasteiger charge is -2.30. The lowest BCUT2D eigenvalue weighted by molar-refractivity contribution is 0.0700. The third kappa shape index (κ3) is 3.86. The molecule has 20 heavy (non-hydrogen) atoms. The van der Waals surface area contributed by atoms with E-state index < -0.39 is 9.84 Å². The van der Waals surface area contributed by atoms with Gasteiger partial charge in [-0.05, 0) is 25.0 Å². The van der Waals surface area contributed by atoms with Gasteiger partial charge in [0.05, 0.1) is 5.75 Å². The van der Waals surface area contributed by atoms with E-state index in [1.54, 1.807) is 6.92 Å². The van der Waals surface area contributed by atoms with Crippen LogP contribution >= 0.6 is 0 Å². The van der Waals surface area contributed by atoms with E-state index in [4.69, 9.17) is 15.2 Å². The number of ether oxygens (including phenoxy) is 2. The molecule has 0 aliphatic carbocycles. The lowest BCUT2D eigenvalue weighted by atomic mass is 10.1. The highest BCUT2D eigenvalue weighted by atomic mass is 32.2. The molecule has 1 aromatic carbocycles. The quantitative estimate of drug-likeness (QED) is 0.858. The number of fused-ring (bicyclic) bond motifs is 1. The maximum atomic E-state index is 11.4. The summed E-state index contributed by atoms with van der Waals surface area (Å²) in [6.45, 7) is 2.06. The molecule has 1 aliphatic rings. The molecule has 2 atom stereocenters. The number of benzene rings is 1. The van der Waals surface area contributed by atoms with Crippen molar-refractivity contribution in [1.29, 1.82) is 0 Å². The van der Waals surface area contributed by atoms with Gasteiger partial charge in [0, 0.05) is 11.8 Å². The fourth-order valence-electron chi connectivity index (χ4n) is 2.12. The summed E-state index contributed by atoms with van der Waals surface area (Å²) >= 11 is 0. The molecule has 2 N–H and O–H groups in total. The predicted octanol–water partition coefficient (Wildman–Crippen LogP) is 1.37. The van der Waals surface area contributed by atoms with Crippen molar-refractivity contribution in [3.63, 3.8) is 0 Å². The second-order valence-corrected chi connectivity index (χ2v) is 7.43. The minimum absolute atomic E-state index is 0.179. The van der Waals surface area contributed by atoms with E-state index in [0.29, 0.717) is 25.2 Å². The zero-order valence-electron chi connectivity index (χ0n) is 11.6. The van der Waals surface area contributed by atoms with Crippen LogP contribution in [0.15, 0.2) is 24.3 Å². The van der Waals surface area contributed by atoms with E-state index in [1.807, 2.05) is 24.3 Å². The van der Waals surface area contributed by atoms with Crippen molar-refractivity contribution in [2.75, 3.05) is 18.1 Å². The summed E-state index contributed by atoms with van der Waals surface area (Å²) in [4.78, 5) is 0. The summed E-state index contributed by atoms with van der Waals surface area (Å²) < 4.78 is 34.3. The normalized spacial score (nSPS) is 19.6. The standard InChI is InChI=1S/C14H21NO4S/c1-2-20(16,17)9-5-6-11(15)14-10-18-12-7-3-4-8-13(12)19-14/h3-4,7-8,11,14H,2,5-6,9-10,15H2,1H3. The van der Waals surface area contributed by atoms with Crippen LogP contribution in [-0.2, 0) is 9.84 Å². The Morgan fingerprint density at radius 3 is 2.75 bits per heavy atom. The molecule has 0 spiro atoms. The molecule has 0 aromatic heterocycles. The van der Waals surface area contributed by atoms with E-state index >= 15 is 0 Å². The Hall–Kier alpha value is -1.27. The third-order valence-electron chi connectivity index (χ3n) is 3.44. The molecule has 0 amide bonds. The van der Waals surface area contributed by atoms with Crippen molar-refractivity contribution in [2.24, 2.45) is 5.73 Å². The van der Waals surface area contributed by atoms with Gasteiger partial charge in [0.15, 0.2) is 11.5 Å². The minimum Gasteiger partial charge on any atom is -0.486 e. The highest BCUT2D eigenvalue weighted by Gasteiger charge is 2.26. The Labute approximate surface area is 120 Å². The Kier molecular flexibility index (Phi) is 4.88. The highest BCUT2D eigenvalue weighted by molar-refractivity contribution is 7.91. The van der Waals surface area contributed by atoms with Crippen LogP contribution in [0.4, 0.5) is 0 Å². The lowest BCUT2D eigenvalue weighted by Crippen LogP contribution is -2.45. The van der Waals surface area contributed by atoms with Crippen molar-refractivity contribution < 1.29 is 17.9 Å². The first-order valence-corrected chi connectivity index (χ1v) is 8.68. The Balaban J connectivity index is 1.84. The molecule has 6 heteroatoms. The van der Waals surface area contributed by atoms with Crippen molar-refractivity contribution in [3.05, 3.63) is 24.3 Å². The minimum atomic E-state index is -2.92. The van der Waals surface area contributed by atoms with Crippen LogP contribution in [0.1, 0.15) is 19.8 Å². The van der Waals surface area contributed by atoms with Gasteiger partial charge in [-0.25, -0.2) is 8.42 Å². The van der Waals surface area contributed by atoms with Gasteiger partial charge in [0.1, 0.15) is 22.5 Å². The molecular weight excluding hydrogens is 278 g/mol. The SMILES string of the molecule is CCS(=O)(=O)CCCC(N)C1COc2ccccc2O1. The molecule has 0 saturated carbocycles. The van der Waals surface area contributed by atoms with Gasteiger partial charge < -0.3 is 15.2 Å².